The predicted molar refractivity (Wildman–Crippen MR) is 193 cm³/mol. The lowest BCUT2D eigenvalue weighted by molar-refractivity contribution is -0.137. The molecule has 7 nitrogen and oxygen atoms in total. The van der Waals surface area contributed by atoms with Crippen LogP contribution in [0, 0.1) is 25.7 Å². The van der Waals surface area contributed by atoms with Crippen LogP contribution in [0.5, 0.6) is 0 Å². The fourth-order valence-electron chi connectivity index (χ4n) is 6.51. The molecule has 7 heteroatoms. The zero-order chi connectivity index (χ0) is 34.5. The molecule has 252 valence electrons. The molecule has 0 unspecified atom stereocenters. The van der Waals surface area contributed by atoms with E-state index in [9.17, 15) is 9.59 Å². The number of aromatic nitrogens is 2. The molecule has 4 rings (SSSR count). The summed E-state index contributed by atoms with van der Waals surface area (Å²) in [6, 6.07) is 16.4. The van der Waals surface area contributed by atoms with Crippen molar-refractivity contribution in [1.29, 1.82) is 0 Å². The predicted octanol–water partition coefficient (Wildman–Crippen LogP) is 7.99. The van der Waals surface area contributed by atoms with Gasteiger partial charge in [-0.2, -0.15) is 0 Å². The maximum atomic E-state index is 14.1. The first-order chi connectivity index (χ1) is 22.2. The van der Waals surface area contributed by atoms with Crippen LogP contribution in [0.1, 0.15) is 92.6 Å². The van der Waals surface area contributed by atoms with Gasteiger partial charge in [-0.15, -0.1) is 0 Å². The molecule has 1 amide bonds. The summed E-state index contributed by atoms with van der Waals surface area (Å²) in [7, 11) is 1.40. The number of nitrogens with zero attached hydrogens (tertiary/aromatic N) is 2. The molecular weight excluding hydrogens is 584 g/mol. The number of carbonyl (C=O) groups excluding carboxylic acids is 2. The van der Waals surface area contributed by atoms with E-state index in [0.717, 1.165) is 66.0 Å². The number of esters is 1. The number of aromatic amines is 1. The van der Waals surface area contributed by atoms with E-state index >= 15 is 0 Å². The number of benzene rings is 2. The van der Waals surface area contributed by atoms with Gasteiger partial charge in [0.1, 0.15) is 5.65 Å². The van der Waals surface area contributed by atoms with Gasteiger partial charge < -0.3 is 19.9 Å². The number of ether oxygens (including phenoxy) is 1. The Morgan fingerprint density at radius 1 is 0.936 bits per heavy atom. The first kappa shape index (κ1) is 35.9. The monoisotopic (exact) mass is 638 g/mol. The SMILES string of the molecule is COC(=O)c1ccc(CCNC[C@@H](C)c2c(-c3cc(C)cc(C)c3)[nH]c3ncc(C(C)(C)C(=O)N(CC(C)C)CC(C)C)cc23)cc1. The highest BCUT2D eigenvalue weighted by Crippen LogP contribution is 2.38. The van der Waals surface area contributed by atoms with Gasteiger partial charge in [-0.1, -0.05) is 63.9 Å². The molecule has 2 N–H and O–H groups in total. The van der Waals surface area contributed by atoms with E-state index < -0.39 is 5.41 Å². The number of methoxy groups -OCH3 is 1. The van der Waals surface area contributed by atoms with Crippen LogP contribution >= 0.6 is 0 Å². The Morgan fingerprint density at radius 3 is 2.13 bits per heavy atom. The fourth-order valence-corrected chi connectivity index (χ4v) is 6.51. The molecule has 0 aliphatic rings. The van der Waals surface area contributed by atoms with E-state index in [1.807, 2.05) is 49.2 Å². The highest BCUT2D eigenvalue weighted by molar-refractivity contribution is 5.93. The lowest BCUT2D eigenvalue weighted by Gasteiger charge is -2.34. The standard InChI is InChI=1S/C40H54N4O3/c1-25(2)23-44(24-26(3)4)39(46)40(8,9)33-20-34-35(36(43-37(34)42-22-33)32-18-27(5)17-28(6)19-32)29(7)21-41-16-15-30-11-13-31(14-12-30)38(45)47-10/h11-14,17-20,22,25-26,29,41H,15-16,21,23-24H2,1-10H3,(H,42,43)/t29-/m1/s1. The molecule has 4 aromatic rings. The minimum Gasteiger partial charge on any atom is -0.465 e. The van der Waals surface area contributed by atoms with Gasteiger partial charge in [-0.3, -0.25) is 4.79 Å². The van der Waals surface area contributed by atoms with Crippen molar-refractivity contribution >= 4 is 22.9 Å². The number of fused-ring (bicyclic) bond motifs is 1. The summed E-state index contributed by atoms with van der Waals surface area (Å²) in [6.07, 6.45) is 2.72. The summed E-state index contributed by atoms with van der Waals surface area (Å²) in [5.41, 5.74) is 8.60. The molecule has 0 saturated heterocycles. The molecule has 2 aromatic heterocycles. The van der Waals surface area contributed by atoms with Gasteiger partial charge in [0, 0.05) is 31.2 Å². The van der Waals surface area contributed by atoms with Gasteiger partial charge in [-0.05, 0) is 111 Å². The van der Waals surface area contributed by atoms with E-state index in [0.29, 0.717) is 17.4 Å². The van der Waals surface area contributed by atoms with E-state index in [4.69, 9.17) is 9.72 Å². The summed E-state index contributed by atoms with van der Waals surface area (Å²) >= 11 is 0. The van der Waals surface area contributed by atoms with Gasteiger partial charge in [0.05, 0.1) is 23.8 Å². The molecule has 0 aliphatic heterocycles. The second kappa shape index (κ2) is 15.3. The van der Waals surface area contributed by atoms with Crippen molar-refractivity contribution in [2.75, 3.05) is 33.3 Å². The Morgan fingerprint density at radius 2 is 1.55 bits per heavy atom. The van der Waals surface area contributed by atoms with Crippen molar-refractivity contribution in [3.05, 3.63) is 88.1 Å². The zero-order valence-corrected chi connectivity index (χ0v) is 30.1. The summed E-state index contributed by atoms with van der Waals surface area (Å²) in [5, 5.41) is 4.72. The molecule has 0 aliphatic carbocycles. The third-order valence-electron chi connectivity index (χ3n) is 8.82. The average molecular weight is 639 g/mol. The number of H-pyrrole nitrogens is 1. The zero-order valence-electron chi connectivity index (χ0n) is 30.1. The Labute approximate surface area is 281 Å². The van der Waals surface area contributed by atoms with Crippen molar-refractivity contribution in [3.8, 4) is 11.3 Å². The van der Waals surface area contributed by atoms with Crippen LogP contribution in [0.25, 0.3) is 22.3 Å². The normalized spacial score (nSPS) is 12.6. The van der Waals surface area contributed by atoms with Crippen molar-refractivity contribution < 1.29 is 14.3 Å². The molecule has 0 radical (unpaired) electrons. The van der Waals surface area contributed by atoms with Crippen molar-refractivity contribution in [2.45, 2.75) is 80.1 Å². The number of hydrogen-bond donors (Lipinski definition) is 2. The van der Waals surface area contributed by atoms with E-state index in [1.165, 1.54) is 23.8 Å². The quantitative estimate of drug-likeness (QED) is 0.108. The topological polar surface area (TPSA) is 87.3 Å². The van der Waals surface area contributed by atoms with Gasteiger partial charge in [-0.25, -0.2) is 9.78 Å². The summed E-state index contributed by atoms with van der Waals surface area (Å²) in [4.78, 5) is 36.5. The largest absolute Gasteiger partial charge is 0.465 e. The third kappa shape index (κ3) is 8.69. The molecule has 47 heavy (non-hydrogen) atoms. The Kier molecular flexibility index (Phi) is 11.7. The summed E-state index contributed by atoms with van der Waals surface area (Å²) in [6.45, 7) is 22.3. The summed E-state index contributed by atoms with van der Waals surface area (Å²) in [5.74, 6) is 0.754. The molecule has 0 fully saturated rings. The van der Waals surface area contributed by atoms with Crippen molar-refractivity contribution in [3.63, 3.8) is 0 Å². The van der Waals surface area contributed by atoms with Crippen molar-refractivity contribution in [1.82, 2.24) is 20.2 Å². The fraction of sp³-hybridized carbons (Fsp3) is 0.475. The maximum absolute atomic E-state index is 14.1. The Hall–Kier alpha value is -3.97. The Balaban J connectivity index is 1.66. The van der Waals surface area contributed by atoms with Crippen LogP contribution in [0.4, 0.5) is 0 Å². The Bertz CT molecular complexity index is 1650. The number of nitrogens with one attached hydrogen (secondary N) is 2. The van der Waals surface area contributed by atoms with Gasteiger partial charge in [0.2, 0.25) is 5.91 Å². The van der Waals surface area contributed by atoms with Crippen LogP contribution < -0.4 is 5.32 Å². The lowest BCUT2D eigenvalue weighted by atomic mass is 9.82. The molecule has 1 atom stereocenters. The highest BCUT2D eigenvalue weighted by Gasteiger charge is 2.35. The molecule has 0 saturated carbocycles. The van der Waals surface area contributed by atoms with Crippen LogP contribution in [0.3, 0.4) is 0 Å². The minimum atomic E-state index is -0.732. The third-order valence-corrected chi connectivity index (χ3v) is 8.82. The number of rotatable bonds is 14. The van der Waals surface area contributed by atoms with Crippen LogP contribution in [-0.4, -0.2) is 60.0 Å². The maximum Gasteiger partial charge on any atom is 0.337 e. The molecule has 2 aromatic carbocycles. The van der Waals surface area contributed by atoms with E-state index in [-0.39, 0.29) is 17.8 Å². The van der Waals surface area contributed by atoms with E-state index in [2.05, 4.69) is 83.0 Å². The smallest absolute Gasteiger partial charge is 0.337 e. The number of amides is 1. The molecule has 2 heterocycles. The average Bonchev–Trinajstić information content (AvgIpc) is 3.40. The number of carbonyl (C=O) groups is 2. The van der Waals surface area contributed by atoms with E-state index in [1.54, 1.807) is 0 Å². The number of aryl methyl sites for hydroxylation is 2. The van der Waals surface area contributed by atoms with Crippen LogP contribution in [0.15, 0.2) is 54.7 Å². The lowest BCUT2D eigenvalue weighted by Crippen LogP contribution is -2.46. The van der Waals surface area contributed by atoms with Gasteiger partial charge in [0.25, 0.3) is 0 Å². The first-order valence-corrected chi connectivity index (χ1v) is 17.0. The van der Waals surface area contributed by atoms with Gasteiger partial charge >= 0.3 is 5.97 Å². The van der Waals surface area contributed by atoms with Crippen LogP contribution in [-0.2, 0) is 21.4 Å². The molecule has 0 bridgehead atoms. The first-order valence-electron chi connectivity index (χ1n) is 17.0. The number of pyridine rings is 1. The number of hydrogen-bond acceptors (Lipinski definition) is 5. The molecule has 0 spiro atoms. The molecular formula is C40H54N4O3. The highest BCUT2D eigenvalue weighted by atomic mass is 16.5. The summed E-state index contributed by atoms with van der Waals surface area (Å²) < 4.78 is 4.82. The second-order valence-electron chi connectivity index (χ2n) is 14.6. The van der Waals surface area contributed by atoms with Gasteiger partial charge in [0.15, 0.2) is 0 Å². The van der Waals surface area contributed by atoms with Crippen LogP contribution in [0.2, 0.25) is 0 Å². The van der Waals surface area contributed by atoms with Crippen molar-refractivity contribution in [2.24, 2.45) is 11.8 Å². The minimum absolute atomic E-state index is 0.141. The second-order valence-corrected chi connectivity index (χ2v) is 14.6.